The van der Waals surface area contributed by atoms with Crippen LogP contribution in [0.1, 0.15) is 33.1 Å². The van der Waals surface area contributed by atoms with Crippen molar-refractivity contribution in [1.29, 1.82) is 0 Å². The highest BCUT2D eigenvalue weighted by molar-refractivity contribution is 8.00. The second-order valence-electron chi connectivity index (χ2n) is 3.98. The lowest BCUT2D eigenvalue weighted by Crippen LogP contribution is -2.45. The fraction of sp³-hybridized carbons (Fsp3) is 1.00. The fourth-order valence-electron chi connectivity index (χ4n) is 2.41. The normalized spacial score (nSPS) is 36.5. The van der Waals surface area contributed by atoms with Crippen LogP contribution in [0.2, 0.25) is 0 Å². The van der Waals surface area contributed by atoms with Gasteiger partial charge in [-0.25, -0.2) is 0 Å². The Morgan fingerprint density at radius 2 is 2.38 bits per heavy atom. The molecule has 0 aromatic carbocycles. The zero-order valence-corrected chi connectivity index (χ0v) is 9.44. The van der Waals surface area contributed by atoms with E-state index in [2.05, 4.69) is 13.8 Å². The van der Waals surface area contributed by atoms with Crippen molar-refractivity contribution in [3.8, 4) is 0 Å². The van der Waals surface area contributed by atoms with E-state index in [9.17, 15) is 0 Å². The number of thioether (sulfide) groups is 1. The summed E-state index contributed by atoms with van der Waals surface area (Å²) in [5.74, 6) is 1.20. The number of aliphatic hydroxyl groups is 1. The van der Waals surface area contributed by atoms with E-state index in [0.717, 1.165) is 12.8 Å². The highest BCUT2D eigenvalue weighted by Crippen LogP contribution is 2.47. The molecule has 0 aromatic rings. The topological polar surface area (TPSA) is 46.2 Å². The van der Waals surface area contributed by atoms with Crippen molar-refractivity contribution in [3.63, 3.8) is 0 Å². The molecule has 0 saturated carbocycles. The first-order valence-corrected chi connectivity index (χ1v) is 6.20. The van der Waals surface area contributed by atoms with Crippen LogP contribution in [0.15, 0.2) is 0 Å². The van der Waals surface area contributed by atoms with Gasteiger partial charge in [-0.1, -0.05) is 13.8 Å². The van der Waals surface area contributed by atoms with E-state index in [-0.39, 0.29) is 18.1 Å². The summed E-state index contributed by atoms with van der Waals surface area (Å²) in [7, 11) is 0. The number of hydrogen-bond donors (Lipinski definition) is 2. The molecule has 3 N–H and O–H groups in total. The first-order chi connectivity index (χ1) is 6.17. The molecule has 0 aromatic heterocycles. The Balaban J connectivity index is 2.73. The second-order valence-corrected chi connectivity index (χ2v) is 5.43. The quantitative estimate of drug-likeness (QED) is 0.730. The van der Waals surface area contributed by atoms with Crippen LogP contribution >= 0.6 is 11.8 Å². The van der Waals surface area contributed by atoms with Crippen molar-refractivity contribution in [1.82, 2.24) is 0 Å². The van der Waals surface area contributed by atoms with Gasteiger partial charge in [0.1, 0.15) is 0 Å². The Morgan fingerprint density at radius 3 is 2.77 bits per heavy atom. The van der Waals surface area contributed by atoms with Gasteiger partial charge >= 0.3 is 0 Å². The molecule has 1 rings (SSSR count). The van der Waals surface area contributed by atoms with Gasteiger partial charge in [-0.15, -0.1) is 0 Å². The minimum Gasteiger partial charge on any atom is -0.396 e. The molecule has 3 heteroatoms. The Morgan fingerprint density at radius 1 is 1.69 bits per heavy atom. The number of aliphatic hydroxyl groups excluding tert-OH is 1. The third-order valence-electron chi connectivity index (χ3n) is 3.50. The zero-order valence-electron chi connectivity index (χ0n) is 8.62. The predicted octanol–water partition coefficient (Wildman–Crippen LogP) is 1.62. The van der Waals surface area contributed by atoms with Gasteiger partial charge in [-0.05, 0) is 30.4 Å². The summed E-state index contributed by atoms with van der Waals surface area (Å²) >= 11 is 2.00. The predicted molar refractivity (Wildman–Crippen MR) is 58.9 cm³/mol. The summed E-state index contributed by atoms with van der Waals surface area (Å²) in [5.41, 5.74) is 6.37. The van der Waals surface area contributed by atoms with Crippen LogP contribution in [0, 0.1) is 5.41 Å². The van der Waals surface area contributed by atoms with Gasteiger partial charge < -0.3 is 10.8 Å². The van der Waals surface area contributed by atoms with Crippen molar-refractivity contribution in [2.75, 3.05) is 12.4 Å². The maximum Gasteiger partial charge on any atom is 0.0437 e. The van der Waals surface area contributed by atoms with Gasteiger partial charge in [-0.3, -0.25) is 0 Å². The van der Waals surface area contributed by atoms with E-state index >= 15 is 0 Å². The summed E-state index contributed by atoms with van der Waals surface area (Å²) in [5, 5.41) is 9.70. The Kier molecular flexibility index (Phi) is 4.07. The van der Waals surface area contributed by atoms with Gasteiger partial charge in [0.25, 0.3) is 0 Å². The molecule has 78 valence electrons. The molecule has 1 aliphatic rings. The highest BCUT2D eigenvalue weighted by atomic mass is 32.2. The Bertz CT molecular complexity index is 165. The zero-order chi connectivity index (χ0) is 9.90. The summed E-state index contributed by atoms with van der Waals surface area (Å²) < 4.78 is 0. The lowest BCUT2D eigenvalue weighted by molar-refractivity contribution is 0.147. The van der Waals surface area contributed by atoms with Gasteiger partial charge in [-0.2, -0.15) is 11.8 Å². The standard InChI is InChI=1S/C10H21NOS/c1-3-9(11)10(4-6-12)5-7-13-8(10)2/h8-9,12H,3-7,11H2,1-2H3. The maximum atomic E-state index is 9.09. The molecule has 0 bridgehead atoms. The molecular formula is C10H21NOS. The molecule has 1 saturated heterocycles. The molecule has 0 amide bonds. The van der Waals surface area contributed by atoms with Crippen LogP contribution in [0.4, 0.5) is 0 Å². The van der Waals surface area contributed by atoms with Crippen LogP contribution in [-0.4, -0.2) is 28.8 Å². The smallest absolute Gasteiger partial charge is 0.0437 e. The molecule has 0 spiro atoms. The third-order valence-corrected chi connectivity index (χ3v) is 4.91. The molecule has 2 nitrogen and oxygen atoms in total. The lowest BCUT2D eigenvalue weighted by Gasteiger charge is -2.38. The first kappa shape index (κ1) is 11.3. The van der Waals surface area contributed by atoms with Crippen LogP contribution in [0.25, 0.3) is 0 Å². The van der Waals surface area contributed by atoms with Crippen LogP contribution < -0.4 is 5.73 Å². The summed E-state index contributed by atoms with van der Waals surface area (Å²) in [6.07, 6.45) is 3.06. The number of rotatable bonds is 4. The minimum atomic E-state index is 0.203. The average molecular weight is 203 g/mol. The van der Waals surface area contributed by atoms with Crippen LogP contribution in [0.3, 0.4) is 0 Å². The van der Waals surface area contributed by atoms with Crippen molar-refractivity contribution < 1.29 is 5.11 Å². The minimum absolute atomic E-state index is 0.203. The van der Waals surface area contributed by atoms with Crippen molar-refractivity contribution >= 4 is 11.8 Å². The Labute approximate surface area is 85.3 Å². The number of nitrogens with two attached hydrogens (primary N) is 1. The molecule has 1 heterocycles. The molecule has 3 atom stereocenters. The van der Waals surface area contributed by atoms with Crippen molar-refractivity contribution in [3.05, 3.63) is 0 Å². The van der Waals surface area contributed by atoms with Gasteiger partial charge in [0.05, 0.1) is 0 Å². The number of hydrogen-bond acceptors (Lipinski definition) is 3. The van der Waals surface area contributed by atoms with E-state index < -0.39 is 0 Å². The van der Waals surface area contributed by atoms with Gasteiger partial charge in [0.2, 0.25) is 0 Å². The van der Waals surface area contributed by atoms with Crippen molar-refractivity contribution in [2.24, 2.45) is 11.1 Å². The largest absolute Gasteiger partial charge is 0.396 e. The van der Waals surface area contributed by atoms with Crippen LogP contribution in [-0.2, 0) is 0 Å². The molecule has 13 heavy (non-hydrogen) atoms. The van der Waals surface area contributed by atoms with Gasteiger partial charge in [0, 0.05) is 17.9 Å². The highest BCUT2D eigenvalue weighted by Gasteiger charge is 2.44. The van der Waals surface area contributed by atoms with Crippen LogP contribution in [0.5, 0.6) is 0 Å². The average Bonchev–Trinajstić information content (AvgIpc) is 2.48. The molecule has 3 unspecified atom stereocenters. The van der Waals surface area contributed by atoms with E-state index in [0.29, 0.717) is 5.25 Å². The fourth-order valence-corrected chi connectivity index (χ4v) is 4.00. The summed E-state index contributed by atoms with van der Waals surface area (Å²) in [6.45, 7) is 4.67. The monoisotopic (exact) mass is 203 g/mol. The molecule has 0 radical (unpaired) electrons. The van der Waals surface area contributed by atoms with Gasteiger partial charge in [0.15, 0.2) is 0 Å². The maximum absolute atomic E-state index is 9.09. The Hall–Kier alpha value is 0.270. The third kappa shape index (κ3) is 2.03. The molecule has 1 aliphatic heterocycles. The van der Waals surface area contributed by atoms with E-state index in [1.165, 1.54) is 12.2 Å². The van der Waals surface area contributed by atoms with E-state index in [1.54, 1.807) is 0 Å². The second kappa shape index (κ2) is 4.67. The lowest BCUT2D eigenvalue weighted by atomic mass is 9.72. The first-order valence-electron chi connectivity index (χ1n) is 5.15. The summed E-state index contributed by atoms with van der Waals surface area (Å²) in [6, 6.07) is 0.254. The SMILES string of the molecule is CCC(N)C1(CCO)CCSC1C. The van der Waals surface area contributed by atoms with E-state index in [1.807, 2.05) is 11.8 Å². The molecular weight excluding hydrogens is 182 g/mol. The molecule has 1 fully saturated rings. The molecule has 0 aliphatic carbocycles. The van der Waals surface area contributed by atoms with E-state index in [4.69, 9.17) is 10.8 Å². The van der Waals surface area contributed by atoms with Crippen molar-refractivity contribution in [2.45, 2.75) is 44.4 Å². The summed E-state index contributed by atoms with van der Waals surface area (Å²) in [4.78, 5) is 0.